The zero-order valence-electron chi connectivity index (χ0n) is 12.8. The standard InChI is InChI=1S/C17H26N2O/c1-4-16-18-15(17(20)19(16)12-13(2)3)11-10-14-8-6-5-7-9-14/h5-9,13,15-16,18H,4,10-12H2,1-3H3. The third-order valence-corrected chi connectivity index (χ3v) is 3.86. The monoisotopic (exact) mass is 274 g/mol. The maximum Gasteiger partial charge on any atom is 0.241 e. The highest BCUT2D eigenvalue weighted by atomic mass is 16.2. The van der Waals surface area contributed by atoms with E-state index in [1.54, 1.807) is 0 Å². The first-order valence-corrected chi connectivity index (χ1v) is 7.72. The second-order valence-electron chi connectivity index (χ2n) is 6.05. The Hall–Kier alpha value is -1.35. The van der Waals surface area contributed by atoms with Gasteiger partial charge >= 0.3 is 0 Å². The molecule has 1 heterocycles. The molecule has 3 heteroatoms. The van der Waals surface area contributed by atoms with Gasteiger partial charge in [0.25, 0.3) is 0 Å². The minimum absolute atomic E-state index is 0.0149. The van der Waals surface area contributed by atoms with E-state index in [-0.39, 0.29) is 18.1 Å². The molecule has 110 valence electrons. The third kappa shape index (κ3) is 3.60. The van der Waals surface area contributed by atoms with Gasteiger partial charge in [0.1, 0.15) is 0 Å². The average Bonchev–Trinajstić information content (AvgIpc) is 2.74. The maximum atomic E-state index is 12.5. The Morgan fingerprint density at radius 1 is 1.25 bits per heavy atom. The van der Waals surface area contributed by atoms with Gasteiger partial charge in [-0.2, -0.15) is 0 Å². The summed E-state index contributed by atoms with van der Waals surface area (Å²) in [5.74, 6) is 0.796. The van der Waals surface area contributed by atoms with Gasteiger partial charge in [0.15, 0.2) is 0 Å². The fourth-order valence-electron chi connectivity index (χ4n) is 2.86. The van der Waals surface area contributed by atoms with Crippen molar-refractivity contribution >= 4 is 5.91 Å². The number of benzene rings is 1. The predicted octanol–water partition coefficient (Wildman–Crippen LogP) is 2.81. The van der Waals surface area contributed by atoms with Crippen LogP contribution in [0.4, 0.5) is 0 Å². The van der Waals surface area contributed by atoms with Crippen LogP contribution in [-0.2, 0) is 11.2 Å². The Labute approximate surface area is 122 Å². The van der Waals surface area contributed by atoms with Gasteiger partial charge in [-0.15, -0.1) is 0 Å². The lowest BCUT2D eigenvalue weighted by Gasteiger charge is -2.24. The van der Waals surface area contributed by atoms with Crippen LogP contribution < -0.4 is 5.32 Å². The van der Waals surface area contributed by atoms with Crippen molar-refractivity contribution in [3.8, 4) is 0 Å². The molecule has 1 aromatic rings. The van der Waals surface area contributed by atoms with Gasteiger partial charge in [-0.3, -0.25) is 10.1 Å². The number of carbonyl (C=O) groups is 1. The average molecular weight is 274 g/mol. The Morgan fingerprint density at radius 2 is 1.95 bits per heavy atom. The van der Waals surface area contributed by atoms with E-state index >= 15 is 0 Å². The summed E-state index contributed by atoms with van der Waals surface area (Å²) in [6.45, 7) is 7.32. The van der Waals surface area contributed by atoms with Crippen LogP contribution in [0.15, 0.2) is 30.3 Å². The second kappa shape index (κ2) is 6.89. The normalized spacial score (nSPS) is 22.8. The minimum atomic E-state index is -0.0149. The van der Waals surface area contributed by atoms with Crippen LogP contribution in [0, 0.1) is 5.92 Å². The quantitative estimate of drug-likeness (QED) is 0.865. The Bertz CT molecular complexity index is 430. The topological polar surface area (TPSA) is 32.3 Å². The van der Waals surface area contributed by atoms with E-state index in [2.05, 4.69) is 50.4 Å². The molecule has 1 aliphatic heterocycles. The van der Waals surface area contributed by atoms with Crippen LogP contribution in [0.1, 0.15) is 39.2 Å². The van der Waals surface area contributed by atoms with Crippen molar-refractivity contribution in [2.45, 2.75) is 52.2 Å². The molecule has 0 radical (unpaired) electrons. The lowest BCUT2D eigenvalue weighted by molar-refractivity contribution is -0.130. The van der Waals surface area contributed by atoms with Crippen molar-refractivity contribution in [2.24, 2.45) is 5.92 Å². The fourth-order valence-corrected chi connectivity index (χ4v) is 2.86. The Balaban J connectivity index is 1.94. The third-order valence-electron chi connectivity index (χ3n) is 3.86. The highest BCUT2D eigenvalue weighted by Crippen LogP contribution is 2.19. The Morgan fingerprint density at radius 3 is 2.55 bits per heavy atom. The minimum Gasteiger partial charge on any atom is -0.326 e. The van der Waals surface area contributed by atoms with E-state index in [1.807, 2.05) is 11.0 Å². The molecule has 0 aromatic heterocycles. The first-order chi connectivity index (χ1) is 9.61. The number of hydrogen-bond donors (Lipinski definition) is 1. The number of hydrogen-bond acceptors (Lipinski definition) is 2. The lowest BCUT2D eigenvalue weighted by Crippen LogP contribution is -2.39. The van der Waals surface area contributed by atoms with Gasteiger partial charge in [0.05, 0.1) is 12.2 Å². The first kappa shape index (κ1) is 15.0. The fraction of sp³-hybridized carbons (Fsp3) is 0.588. The van der Waals surface area contributed by atoms with E-state index in [9.17, 15) is 4.79 Å². The first-order valence-electron chi connectivity index (χ1n) is 7.72. The summed E-state index contributed by atoms with van der Waals surface area (Å²) >= 11 is 0. The molecule has 2 atom stereocenters. The summed E-state index contributed by atoms with van der Waals surface area (Å²) in [6.07, 6.45) is 3.02. The number of nitrogens with one attached hydrogen (secondary N) is 1. The van der Waals surface area contributed by atoms with Crippen molar-refractivity contribution in [1.29, 1.82) is 0 Å². The van der Waals surface area contributed by atoms with Gasteiger partial charge in [-0.1, -0.05) is 51.1 Å². The molecule has 2 unspecified atom stereocenters. The molecule has 0 bridgehead atoms. The van der Waals surface area contributed by atoms with Crippen molar-refractivity contribution in [3.63, 3.8) is 0 Å². The van der Waals surface area contributed by atoms with Crippen molar-refractivity contribution in [3.05, 3.63) is 35.9 Å². The molecule has 0 aliphatic carbocycles. The molecular formula is C17H26N2O. The molecule has 0 saturated carbocycles. The van der Waals surface area contributed by atoms with Crippen LogP contribution >= 0.6 is 0 Å². The molecule has 20 heavy (non-hydrogen) atoms. The van der Waals surface area contributed by atoms with E-state index < -0.39 is 0 Å². The number of aryl methyl sites for hydroxylation is 1. The molecule has 1 amide bonds. The van der Waals surface area contributed by atoms with E-state index in [4.69, 9.17) is 0 Å². The summed E-state index contributed by atoms with van der Waals surface area (Å²) in [5.41, 5.74) is 1.30. The lowest BCUT2D eigenvalue weighted by atomic mass is 10.1. The van der Waals surface area contributed by atoms with E-state index in [0.717, 1.165) is 25.8 Å². The molecule has 1 aromatic carbocycles. The summed E-state index contributed by atoms with van der Waals surface area (Å²) in [4.78, 5) is 14.5. The molecular weight excluding hydrogens is 248 g/mol. The number of amides is 1. The van der Waals surface area contributed by atoms with Crippen molar-refractivity contribution in [2.75, 3.05) is 6.54 Å². The highest BCUT2D eigenvalue weighted by Gasteiger charge is 2.37. The zero-order chi connectivity index (χ0) is 14.5. The maximum absolute atomic E-state index is 12.5. The van der Waals surface area contributed by atoms with Crippen LogP contribution in [0.5, 0.6) is 0 Å². The van der Waals surface area contributed by atoms with E-state index in [0.29, 0.717) is 5.92 Å². The van der Waals surface area contributed by atoms with Crippen LogP contribution in [-0.4, -0.2) is 29.6 Å². The zero-order valence-corrected chi connectivity index (χ0v) is 12.8. The number of nitrogens with zero attached hydrogens (tertiary/aromatic N) is 1. The van der Waals surface area contributed by atoms with Gasteiger partial charge in [0.2, 0.25) is 5.91 Å². The molecule has 1 saturated heterocycles. The predicted molar refractivity (Wildman–Crippen MR) is 82.3 cm³/mol. The number of rotatable bonds is 6. The second-order valence-corrected chi connectivity index (χ2v) is 6.05. The molecule has 2 rings (SSSR count). The van der Waals surface area contributed by atoms with Crippen molar-refractivity contribution < 1.29 is 4.79 Å². The summed E-state index contributed by atoms with van der Waals surface area (Å²) in [7, 11) is 0. The van der Waals surface area contributed by atoms with Crippen molar-refractivity contribution in [1.82, 2.24) is 10.2 Å². The largest absolute Gasteiger partial charge is 0.326 e. The molecule has 1 N–H and O–H groups in total. The molecule has 3 nitrogen and oxygen atoms in total. The van der Waals surface area contributed by atoms with Gasteiger partial charge in [-0.25, -0.2) is 0 Å². The number of carbonyl (C=O) groups excluding carboxylic acids is 1. The van der Waals surface area contributed by atoms with Crippen LogP contribution in [0.25, 0.3) is 0 Å². The summed E-state index contributed by atoms with van der Waals surface area (Å²) in [5, 5.41) is 3.49. The smallest absolute Gasteiger partial charge is 0.241 e. The van der Waals surface area contributed by atoms with Gasteiger partial charge in [-0.05, 0) is 30.7 Å². The Kier molecular flexibility index (Phi) is 5.18. The molecule has 1 fully saturated rings. The SMILES string of the molecule is CCC1NC(CCc2ccccc2)C(=O)N1CC(C)C. The highest BCUT2D eigenvalue weighted by molar-refractivity contribution is 5.84. The molecule has 0 spiro atoms. The van der Waals surface area contributed by atoms with Gasteiger partial charge in [0, 0.05) is 6.54 Å². The summed E-state index contributed by atoms with van der Waals surface area (Å²) < 4.78 is 0. The molecule has 1 aliphatic rings. The van der Waals surface area contributed by atoms with Crippen LogP contribution in [0.2, 0.25) is 0 Å². The summed E-state index contributed by atoms with van der Waals surface area (Å²) in [6, 6.07) is 10.4. The van der Waals surface area contributed by atoms with E-state index in [1.165, 1.54) is 5.56 Å². The van der Waals surface area contributed by atoms with Crippen LogP contribution in [0.3, 0.4) is 0 Å². The van der Waals surface area contributed by atoms with Gasteiger partial charge < -0.3 is 4.90 Å².